The lowest BCUT2D eigenvalue weighted by Crippen LogP contribution is -2.28. The summed E-state index contributed by atoms with van der Waals surface area (Å²) >= 11 is 0. The van der Waals surface area contributed by atoms with Gasteiger partial charge < -0.3 is 9.84 Å². The first kappa shape index (κ1) is 23.6. The molecule has 0 bridgehead atoms. The highest BCUT2D eigenvalue weighted by Crippen LogP contribution is 2.36. The Morgan fingerprint density at radius 1 is 1.26 bits per heavy atom. The Morgan fingerprint density at radius 3 is 2.65 bits per heavy atom. The van der Waals surface area contributed by atoms with E-state index in [-0.39, 0.29) is 18.0 Å². The Bertz CT molecular complexity index is 1280. The summed E-state index contributed by atoms with van der Waals surface area (Å²) in [5.41, 5.74) is 0.738. The molecule has 0 radical (unpaired) electrons. The summed E-state index contributed by atoms with van der Waals surface area (Å²) in [6.45, 7) is 7.56. The second-order valence-corrected chi connectivity index (χ2v) is 9.62. The van der Waals surface area contributed by atoms with Gasteiger partial charge in [0.1, 0.15) is 23.8 Å². The smallest absolute Gasteiger partial charge is 0.203 e. The average Bonchev–Trinajstić information content (AvgIpc) is 3.24. The number of ether oxygens (including phenoxy) is 1. The third kappa shape index (κ3) is 5.14. The molecule has 2 unspecified atom stereocenters. The van der Waals surface area contributed by atoms with Gasteiger partial charge in [0.05, 0.1) is 30.4 Å². The predicted octanol–water partition coefficient (Wildman–Crippen LogP) is 2.85. The highest BCUT2D eigenvalue weighted by molar-refractivity contribution is 5.39. The molecule has 3 aromatic rings. The van der Waals surface area contributed by atoms with Crippen molar-refractivity contribution in [1.29, 1.82) is 0 Å². The molecule has 0 amide bonds. The molecule has 3 heterocycles. The van der Waals surface area contributed by atoms with Gasteiger partial charge in [0.15, 0.2) is 5.75 Å². The van der Waals surface area contributed by atoms with Crippen molar-refractivity contribution < 1.29 is 9.84 Å². The zero-order valence-electron chi connectivity index (χ0n) is 20.1. The minimum atomic E-state index is -0.937. The Hall–Kier alpha value is -3.59. The molecule has 0 saturated carbocycles. The minimum Gasteiger partial charge on any atom is -0.487 e. The Labute approximate surface area is 198 Å². The third-order valence-electron chi connectivity index (χ3n) is 5.77. The summed E-state index contributed by atoms with van der Waals surface area (Å²) in [6.07, 6.45) is 15.4. The van der Waals surface area contributed by atoms with Crippen LogP contribution in [0.5, 0.6) is 5.75 Å². The molecule has 9 heteroatoms. The summed E-state index contributed by atoms with van der Waals surface area (Å²) < 4.78 is 8.93. The standard InChI is InChI=1S/C25H30N6O3/c1-17(22-21(32)8-10-31(29-22)19-12-28-30(5)15-19)18-7-6-9-25(4,11-18)23-26-13-20(14-27-23)34-16-24(2,3)33/h6-8,10-15,17,33H,9,16H2,1-5H3. The van der Waals surface area contributed by atoms with Crippen LogP contribution in [0, 0.1) is 0 Å². The van der Waals surface area contributed by atoms with E-state index in [0.717, 1.165) is 17.7 Å². The van der Waals surface area contributed by atoms with Crippen molar-refractivity contribution in [2.75, 3.05) is 6.61 Å². The lowest BCUT2D eigenvalue weighted by molar-refractivity contribution is 0.0282. The molecule has 0 fully saturated rings. The number of rotatable bonds is 7. The van der Waals surface area contributed by atoms with Crippen LogP contribution in [0.4, 0.5) is 0 Å². The van der Waals surface area contributed by atoms with Gasteiger partial charge in [0.2, 0.25) is 5.43 Å². The summed E-state index contributed by atoms with van der Waals surface area (Å²) in [5.74, 6) is 0.940. The number of allylic oxidation sites excluding steroid dienone is 4. The number of hydrogen-bond donors (Lipinski definition) is 1. The highest BCUT2D eigenvalue weighted by Gasteiger charge is 2.31. The van der Waals surface area contributed by atoms with Crippen LogP contribution in [-0.4, -0.2) is 46.8 Å². The van der Waals surface area contributed by atoms with E-state index in [2.05, 4.69) is 39.2 Å². The fourth-order valence-corrected chi connectivity index (χ4v) is 3.84. The molecule has 178 valence electrons. The zero-order valence-corrected chi connectivity index (χ0v) is 20.1. The summed E-state index contributed by atoms with van der Waals surface area (Å²) in [5, 5.41) is 18.6. The molecule has 1 aliphatic rings. The van der Waals surface area contributed by atoms with Crippen LogP contribution >= 0.6 is 0 Å². The van der Waals surface area contributed by atoms with Crippen LogP contribution in [0.25, 0.3) is 5.69 Å². The van der Waals surface area contributed by atoms with Crippen LogP contribution < -0.4 is 10.2 Å². The van der Waals surface area contributed by atoms with Gasteiger partial charge in [-0.15, -0.1) is 0 Å². The van der Waals surface area contributed by atoms with Crippen LogP contribution in [0.1, 0.15) is 51.6 Å². The second kappa shape index (κ2) is 8.98. The van der Waals surface area contributed by atoms with Gasteiger partial charge in [-0.1, -0.05) is 25.2 Å². The Balaban J connectivity index is 1.59. The van der Waals surface area contributed by atoms with Crippen molar-refractivity contribution >= 4 is 0 Å². The summed E-state index contributed by atoms with van der Waals surface area (Å²) in [4.78, 5) is 21.7. The molecule has 1 N–H and O–H groups in total. The van der Waals surface area contributed by atoms with E-state index in [4.69, 9.17) is 4.74 Å². The number of nitrogens with zero attached hydrogens (tertiary/aromatic N) is 6. The van der Waals surface area contributed by atoms with Crippen LogP contribution in [0.15, 0.2) is 65.6 Å². The molecule has 1 aliphatic carbocycles. The molecule has 0 spiro atoms. The largest absolute Gasteiger partial charge is 0.487 e. The monoisotopic (exact) mass is 462 g/mol. The lowest BCUT2D eigenvalue weighted by Gasteiger charge is -2.29. The fourth-order valence-electron chi connectivity index (χ4n) is 3.84. The first-order valence-corrected chi connectivity index (χ1v) is 11.2. The lowest BCUT2D eigenvalue weighted by atomic mass is 9.77. The van der Waals surface area contributed by atoms with Crippen LogP contribution in [0.2, 0.25) is 0 Å². The van der Waals surface area contributed by atoms with Crippen molar-refractivity contribution in [3.05, 3.63) is 82.6 Å². The Kier molecular flexibility index (Phi) is 6.22. The SMILES string of the molecule is CC(C1=CC(C)(c2ncc(OCC(C)(C)O)cn2)CC=C1)c1nn(-c2cnn(C)c2)ccc1=O. The average molecular weight is 463 g/mol. The van der Waals surface area contributed by atoms with E-state index in [9.17, 15) is 9.90 Å². The topological polar surface area (TPSA) is 108 Å². The molecule has 0 aromatic carbocycles. The molecule has 34 heavy (non-hydrogen) atoms. The molecule has 0 saturated heterocycles. The van der Waals surface area contributed by atoms with Gasteiger partial charge in [0.25, 0.3) is 0 Å². The van der Waals surface area contributed by atoms with Crippen LogP contribution in [0.3, 0.4) is 0 Å². The molecule has 3 aromatic heterocycles. The van der Waals surface area contributed by atoms with Gasteiger partial charge in [-0.25, -0.2) is 14.6 Å². The van der Waals surface area contributed by atoms with Crippen molar-refractivity contribution in [2.45, 2.75) is 51.0 Å². The van der Waals surface area contributed by atoms with E-state index in [0.29, 0.717) is 17.3 Å². The van der Waals surface area contributed by atoms with Gasteiger partial charge in [-0.05, 0) is 32.8 Å². The molecular formula is C25H30N6O3. The normalized spacial score (nSPS) is 19.1. The number of aryl methyl sites for hydroxylation is 1. The number of hydrogen-bond acceptors (Lipinski definition) is 7. The van der Waals surface area contributed by atoms with Crippen molar-refractivity contribution in [1.82, 2.24) is 29.5 Å². The van der Waals surface area contributed by atoms with Gasteiger partial charge in [-0.2, -0.15) is 10.2 Å². The quantitative estimate of drug-likeness (QED) is 0.575. The van der Waals surface area contributed by atoms with E-state index in [1.807, 2.05) is 26.2 Å². The van der Waals surface area contributed by atoms with E-state index in [1.54, 1.807) is 48.0 Å². The third-order valence-corrected chi connectivity index (χ3v) is 5.77. The molecule has 4 rings (SSSR count). The van der Waals surface area contributed by atoms with Gasteiger partial charge >= 0.3 is 0 Å². The number of aliphatic hydroxyl groups is 1. The zero-order chi connectivity index (χ0) is 24.5. The van der Waals surface area contributed by atoms with Gasteiger partial charge in [0, 0.05) is 30.6 Å². The Morgan fingerprint density at radius 2 is 2.00 bits per heavy atom. The molecule has 9 nitrogen and oxygen atoms in total. The first-order chi connectivity index (χ1) is 16.0. The summed E-state index contributed by atoms with van der Waals surface area (Å²) in [6, 6.07) is 1.54. The van der Waals surface area contributed by atoms with Gasteiger partial charge in [-0.3, -0.25) is 9.48 Å². The second-order valence-electron chi connectivity index (χ2n) is 9.62. The van der Waals surface area contributed by atoms with Crippen molar-refractivity contribution in [3.63, 3.8) is 0 Å². The molecular weight excluding hydrogens is 432 g/mol. The van der Waals surface area contributed by atoms with Crippen LogP contribution in [-0.2, 0) is 12.5 Å². The highest BCUT2D eigenvalue weighted by atomic mass is 16.5. The maximum atomic E-state index is 12.7. The minimum absolute atomic E-state index is 0.112. The molecule has 2 atom stereocenters. The van der Waals surface area contributed by atoms with E-state index < -0.39 is 11.0 Å². The number of aromatic nitrogens is 6. The van der Waals surface area contributed by atoms with E-state index >= 15 is 0 Å². The first-order valence-electron chi connectivity index (χ1n) is 11.2. The van der Waals surface area contributed by atoms with E-state index in [1.165, 1.54) is 6.07 Å². The maximum absolute atomic E-state index is 12.7. The maximum Gasteiger partial charge on any atom is 0.203 e. The fraction of sp³-hybridized carbons (Fsp3) is 0.400. The summed E-state index contributed by atoms with van der Waals surface area (Å²) in [7, 11) is 1.84. The molecule has 0 aliphatic heterocycles. The van der Waals surface area contributed by atoms with Crippen molar-refractivity contribution in [3.8, 4) is 11.4 Å². The van der Waals surface area contributed by atoms with Crippen molar-refractivity contribution in [2.24, 2.45) is 7.05 Å². The predicted molar refractivity (Wildman–Crippen MR) is 128 cm³/mol.